The first-order valence-electron chi connectivity index (χ1n) is 7.25. The summed E-state index contributed by atoms with van der Waals surface area (Å²) < 4.78 is 6.66. The van der Waals surface area contributed by atoms with Crippen LogP contribution in [0.5, 0.6) is 5.75 Å². The SMILES string of the molecule is CCCNCc1cc(Br)ccc1OCC(=O)NC(C)(C)C.Cl. The summed E-state index contributed by atoms with van der Waals surface area (Å²) in [7, 11) is 0. The van der Waals surface area contributed by atoms with Crippen LogP contribution in [0, 0.1) is 0 Å². The Labute approximate surface area is 147 Å². The predicted molar refractivity (Wildman–Crippen MR) is 96.8 cm³/mol. The highest BCUT2D eigenvalue weighted by molar-refractivity contribution is 9.10. The van der Waals surface area contributed by atoms with Gasteiger partial charge in [0.2, 0.25) is 0 Å². The van der Waals surface area contributed by atoms with Gasteiger partial charge in [0.05, 0.1) is 0 Å². The molecule has 1 rings (SSSR count). The van der Waals surface area contributed by atoms with Gasteiger partial charge < -0.3 is 15.4 Å². The van der Waals surface area contributed by atoms with Crippen molar-refractivity contribution in [2.45, 2.75) is 46.2 Å². The number of halogens is 2. The summed E-state index contributed by atoms with van der Waals surface area (Å²) >= 11 is 3.46. The molecule has 0 spiro atoms. The third-order valence-corrected chi connectivity index (χ3v) is 3.13. The minimum Gasteiger partial charge on any atom is -0.483 e. The third-order valence-electron chi connectivity index (χ3n) is 2.64. The first-order valence-corrected chi connectivity index (χ1v) is 8.04. The molecule has 0 radical (unpaired) electrons. The van der Waals surface area contributed by atoms with Gasteiger partial charge in [-0.25, -0.2) is 0 Å². The fourth-order valence-electron chi connectivity index (χ4n) is 1.82. The molecule has 0 bridgehead atoms. The Bertz CT molecular complexity index is 476. The first kappa shape index (κ1) is 21.2. The van der Waals surface area contributed by atoms with Crippen molar-refractivity contribution in [2.24, 2.45) is 0 Å². The number of rotatable bonds is 7. The highest BCUT2D eigenvalue weighted by atomic mass is 79.9. The fraction of sp³-hybridized carbons (Fsp3) is 0.562. The van der Waals surface area contributed by atoms with Gasteiger partial charge >= 0.3 is 0 Å². The molecule has 1 aromatic carbocycles. The molecule has 126 valence electrons. The Morgan fingerprint density at radius 2 is 2.00 bits per heavy atom. The molecule has 1 aromatic rings. The van der Waals surface area contributed by atoms with Crippen LogP contribution in [0.3, 0.4) is 0 Å². The number of amides is 1. The zero-order valence-electron chi connectivity index (χ0n) is 13.7. The summed E-state index contributed by atoms with van der Waals surface area (Å²) in [6.45, 7) is 9.68. The van der Waals surface area contributed by atoms with Gasteiger partial charge in [-0.05, 0) is 51.9 Å². The molecule has 0 saturated carbocycles. The van der Waals surface area contributed by atoms with Crippen molar-refractivity contribution in [1.29, 1.82) is 0 Å². The normalized spacial score (nSPS) is 10.8. The molecule has 0 aliphatic rings. The molecule has 0 atom stereocenters. The second kappa shape index (κ2) is 10.1. The van der Waals surface area contributed by atoms with E-state index in [1.165, 1.54) is 0 Å². The molecule has 0 fully saturated rings. The maximum atomic E-state index is 11.8. The third kappa shape index (κ3) is 8.61. The van der Waals surface area contributed by atoms with Crippen LogP contribution >= 0.6 is 28.3 Å². The zero-order chi connectivity index (χ0) is 15.9. The van der Waals surface area contributed by atoms with Crippen molar-refractivity contribution in [3.05, 3.63) is 28.2 Å². The Morgan fingerprint density at radius 1 is 1.32 bits per heavy atom. The van der Waals surface area contributed by atoms with Crippen molar-refractivity contribution in [1.82, 2.24) is 10.6 Å². The summed E-state index contributed by atoms with van der Waals surface area (Å²) in [5, 5.41) is 6.23. The maximum Gasteiger partial charge on any atom is 0.258 e. The lowest BCUT2D eigenvalue weighted by atomic mass is 10.1. The molecule has 0 heterocycles. The lowest BCUT2D eigenvalue weighted by Crippen LogP contribution is -2.43. The molecular weight excluding hydrogens is 368 g/mol. The van der Waals surface area contributed by atoms with E-state index >= 15 is 0 Å². The average Bonchev–Trinajstić information content (AvgIpc) is 2.36. The van der Waals surface area contributed by atoms with Crippen LogP contribution < -0.4 is 15.4 Å². The first-order chi connectivity index (χ1) is 9.81. The molecule has 0 unspecified atom stereocenters. The smallest absolute Gasteiger partial charge is 0.258 e. The molecule has 6 heteroatoms. The van der Waals surface area contributed by atoms with E-state index in [9.17, 15) is 4.79 Å². The van der Waals surface area contributed by atoms with E-state index in [4.69, 9.17) is 4.74 Å². The Balaban J connectivity index is 0.00000441. The van der Waals surface area contributed by atoms with Gasteiger partial charge in [-0.1, -0.05) is 22.9 Å². The van der Waals surface area contributed by atoms with Gasteiger partial charge in [-0.3, -0.25) is 4.79 Å². The Morgan fingerprint density at radius 3 is 2.59 bits per heavy atom. The van der Waals surface area contributed by atoms with Gasteiger partial charge in [-0.2, -0.15) is 0 Å². The van der Waals surface area contributed by atoms with Gasteiger partial charge in [0.15, 0.2) is 6.61 Å². The van der Waals surface area contributed by atoms with E-state index in [1.54, 1.807) is 0 Å². The summed E-state index contributed by atoms with van der Waals surface area (Å²) in [6.07, 6.45) is 1.08. The molecule has 0 aliphatic heterocycles. The average molecular weight is 394 g/mol. The minimum atomic E-state index is -0.244. The second-order valence-corrected chi connectivity index (χ2v) is 6.93. The van der Waals surface area contributed by atoms with Crippen molar-refractivity contribution in [3.63, 3.8) is 0 Å². The number of nitrogens with one attached hydrogen (secondary N) is 2. The van der Waals surface area contributed by atoms with Crippen LogP contribution in [-0.4, -0.2) is 24.6 Å². The number of carbonyl (C=O) groups excluding carboxylic acids is 1. The monoisotopic (exact) mass is 392 g/mol. The van der Waals surface area contributed by atoms with Gasteiger partial charge in [-0.15, -0.1) is 12.4 Å². The summed E-state index contributed by atoms with van der Waals surface area (Å²) in [4.78, 5) is 11.8. The molecule has 0 aromatic heterocycles. The van der Waals surface area contributed by atoms with E-state index in [-0.39, 0.29) is 30.5 Å². The molecular formula is C16H26BrClN2O2. The molecule has 22 heavy (non-hydrogen) atoms. The van der Waals surface area contributed by atoms with E-state index in [0.29, 0.717) is 0 Å². The lowest BCUT2D eigenvalue weighted by molar-refractivity contribution is -0.124. The van der Waals surface area contributed by atoms with Crippen molar-refractivity contribution >= 4 is 34.2 Å². The fourth-order valence-corrected chi connectivity index (χ4v) is 2.23. The number of benzene rings is 1. The number of hydrogen-bond acceptors (Lipinski definition) is 3. The molecule has 2 N–H and O–H groups in total. The van der Waals surface area contributed by atoms with E-state index in [0.717, 1.165) is 35.3 Å². The largest absolute Gasteiger partial charge is 0.483 e. The highest BCUT2D eigenvalue weighted by Gasteiger charge is 2.14. The van der Waals surface area contributed by atoms with Crippen LogP contribution in [0.4, 0.5) is 0 Å². The van der Waals surface area contributed by atoms with Crippen molar-refractivity contribution in [3.8, 4) is 5.75 Å². The lowest BCUT2D eigenvalue weighted by Gasteiger charge is -2.21. The van der Waals surface area contributed by atoms with Crippen LogP contribution in [0.25, 0.3) is 0 Å². The molecule has 1 amide bonds. The van der Waals surface area contributed by atoms with E-state index in [2.05, 4.69) is 33.5 Å². The van der Waals surface area contributed by atoms with Crippen LogP contribution in [-0.2, 0) is 11.3 Å². The van der Waals surface area contributed by atoms with Gasteiger partial charge in [0.25, 0.3) is 5.91 Å². The Hall–Kier alpha value is -0.780. The van der Waals surface area contributed by atoms with Crippen LogP contribution in [0.1, 0.15) is 39.7 Å². The van der Waals surface area contributed by atoms with Gasteiger partial charge in [0.1, 0.15) is 5.75 Å². The minimum absolute atomic E-state index is 0. The molecule has 0 saturated heterocycles. The topological polar surface area (TPSA) is 50.4 Å². The number of ether oxygens (including phenoxy) is 1. The number of hydrogen-bond donors (Lipinski definition) is 2. The second-order valence-electron chi connectivity index (χ2n) is 6.02. The summed E-state index contributed by atoms with van der Waals surface area (Å²) in [5.41, 5.74) is 0.799. The van der Waals surface area contributed by atoms with Crippen molar-refractivity contribution < 1.29 is 9.53 Å². The van der Waals surface area contributed by atoms with Crippen LogP contribution in [0.15, 0.2) is 22.7 Å². The predicted octanol–water partition coefficient (Wildman–Crippen LogP) is 3.66. The summed E-state index contributed by atoms with van der Waals surface area (Å²) in [5.74, 6) is 0.628. The molecule has 4 nitrogen and oxygen atoms in total. The number of carbonyl (C=O) groups is 1. The van der Waals surface area contributed by atoms with Crippen LogP contribution in [0.2, 0.25) is 0 Å². The summed E-state index contributed by atoms with van der Waals surface area (Å²) in [6, 6.07) is 5.82. The quantitative estimate of drug-likeness (QED) is 0.695. The zero-order valence-corrected chi connectivity index (χ0v) is 16.1. The Kier molecular flexibility index (Phi) is 9.72. The molecule has 0 aliphatic carbocycles. The van der Waals surface area contributed by atoms with Gasteiger partial charge in [0, 0.05) is 22.1 Å². The van der Waals surface area contributed by atoms with E-state index < -0.39 is 0 Å². The maximum absolute atomic E-state index is 11.8. The highest BCUT2D eigenvalue weighted by Crippen LogP contribution is 2.23. The van der Waals surface area contributed by atoms with Crippen molar-refractivity contribution in [2.75, 3.05) is 13.2 Å². The van der Waals surface area contributed by atoms with E-state index in [1.807, 2.05) is 39.0 Å². The standard InChI is InChI=1S/C16H25BrN2O2.ClH/c1-5-8-18-10-12-9-13(17)6-7-14(12)21-11-15(20)19-16(2,3)4;/h6-7,9,18H,5,8,10-11H2,1-4H3,(H,19,20);1H.